The molecule has 3 rings (SSSR count). The summed E-state index contributed by atoms with van der Waals surface area (Å²) in [5.41, 5.74) is 3.42. The van der Waals surface area contributed by atoms with Gasteiger partial charge in [-0.3, -0.25) is 4.90 Å². The average Bonchev–Trinajstić information content (AvgIpc) is 3.09. The quantitative estimate of drug-likeness (QED) is 0.866. The summed E-state index contributed by atoms with van der Waals surface area (Å²) < 4.78 is 0. The van der Waals surface area contributed by atoms with Gasteiger partial charge in [0.2, 0.25) is 0 Å². The van der Waals surface area contributed by atoms with Crippen molar-refractivity contribution in [3.63, 3.8) is 0 Å². The first kappa shape index (κ1) is 15.0. The number of hydrogen-bond donors (Lipinski definition) is 0. The van der Waals surface area contributed by atoms with E-state index in [0.717, 1.165) is 17.1 Å². The Bertz CT molecular complexity index is 598. The lowest BCUT2D eigenvalue weighted by Crippen LogP contribution is -2.23. The van der Waals surface area contributed by atoms with Gasteiger partial charge in [0.15, 0.2) is 5.82 Å². The Morgan fingerprint density at radius 1 is 0.955 bits per heavy atom. The lowest BCUT2D eigenvalue weighted by atomic mass is 10.0. The van der Waals surface area contributed by atoms with Gasteiger partial charge < -0.3 is 4.90 Å². The first-order valence-electron chi connectivity index (χ1n) is 8.00. The van der Waals surface area contributed by atoms with E-state index in [0.29, 0.717) is 6.04 Å². The van der Waals surface area contributed by atoms with Crippen LogP contribution in [-0.4, -0.2) is 42.3 Å². The first-order chi connectivity index (χ1) is 10.6. The van der Waals surface area contributed by atoms with Crippen LogP contribution in [0.3, 0.4) is 0 Å². The molecule has 2 aromatic rings. The van der Waals surface area contributed by atoms with Gasteiger partial charge in [-0.15, -0.1) is 10.2 Å². The van der Waals surface area contributed by atoms with Gasteiger partial charge in [0.25, 0.3) is 0 Å². The third kappa shape index (κ3) is 3.12. The van der Waals surface area contributed by atoms with E-state index >= 15 is 0 Å². The number of hydrogen-bond acceptors (Lipinski definition) is 4. The fourth-order valence-electron chi connectivity index (χ4n) is 2.99. The first-order valence-corrected chi connectivity index (χ1v) is 8.00. The minimum atomic E-state index is 0.499. The molecule has 0 radical (unpaired) electrons. The van der Waals surface area contributed by atoms with Gasteiger partial charge in [0.05, 0.1) is 5.69 Å². The second kappa shape index (κ2) is 6.44. The molecule has 4 nitrogen and oxygen atoms in total. The molecule has 1 aromatic carbocycles. The number of anilines is 1. The molecule has 0 unspecified atom stereocenters. The molecule has 4 heteroatoms. The number of aromatic nitrogens is 2. The number of benzene rings is 1. The van der Waals surface area contributed by atoms with Gasteiger partial charge in [0, 0.05) is 25.7 Å². The molecule has 1 aliphatic heterocycles. The Morgan fingerprint density at radius 3 is 2.18 bits per heavy atom. The van der Waals surface area contributed by atoms with Gasteiger partial charge in [-0.2, -0.15) is 0 Å². The average molecular weight is 296 g/mol. The number of rotatable bonds is 4. The van der Waals surface area contributed by atoms with E-state index in [2.05, 4.69) is 46.3 Å². The maximum atomic E-state index is 4.32. The van der Waals surface area contributed by atoms with Crippen molar-refractivity contribution in [2.75, 3.05) is 32.1 Å². The third-order valence-corrected chi connectivity index (χ3v) is 4.49. The number of likely N-dealkylation sites (tertiary alicyclic amines) is 1. The molecule has 116 valence electrons. The third-order valence-electron chi connectivity index (χ3n) is 4.49. The normalized spacial score (nSPS) is 16.7. The molecule has 0 bridgehead atoms. The highest BCUT2D eigenvalue weighted by atomic mass is 15.2. The van der Waals surface area contributed by atoms with Gasteiger partial charge in [-0.1, -0.05) is 24.3 Å². The van der Waals surface area contributed by atoms with Crippen LogP contribution in [0.2, 0.25) is 0 Å². The molecular formula is C18H24N4. The van der Waals surface area contributed by atoms with Crippen molar-refractivity contribution in [3.8, 4) is 11.3 Å². The Labute approximate surface area is 132 Å². The van der Waals surface area contributed by atoms with Crippen LogP contribution in [0.25, 0.3) is 11.3 Å². The van der Waals surface area contributed by atoms with Crippen LogP contribution in [0, 0.1) is 0 Å². The Hall–Kier alpha value is -1.94. The zero-order valence-electron chi connectivity index (χ0n) is 13.7. The van der Waals surface area contributed by atoms with Crippen LogP contribution in [0.15, 0.2) is 36.4 Å². The summed E-state index contributed by atoms with van der Waals surface area (Å²) in [6.07, 6.45) is 2.66. The molecule has 22 heavy (non-hydrogen) atoms. The van der Waals surface area contributed by atoms with Gasteiger partial charge in [0.1, 0.15) is 0 Å². The molecule has 0 spiro atoms. The van der Waals surface area contributed by atoms with Crippen LogP contribution in [0.4, 0.5) is 5.82 Å². The van der Waals surface area contributed by atoms with E-state index < -0.39 is 0 Å². The highest BCUT2D eigenvalue weighted by Crippen LogP contribution is 2.26. The van der Waals surface area contributed by atoms with E-state index in [1.165, 1.54) is 31.5 Å². The van der Waals surface area contributed by atoms with Crippen LogP contribution in [0.5, 0.6) is 0 Å². The molecule has 0 aliphatic carbocycles. The summed E-state index contributed by atoms with van der Waals surface area (Å²) in [6, 6.07) is 13.3. The predicted octanol–water partition coefficient (Wildman–Crippen LogP) is 3.37. The van der Waals surface area contributed by atoms with Gasteiger partial charge >= 0.3 is 0 Å². The molecule has 0 N–H and O–H groups in total. The van der Waals surface area contributed by atoms with Crippen molar-refractivity contribution in [2.24, 2.45) is 0 Å². The minimum Gasteiger partial charge on any atom is -0.361 e. The topological polar surface area (TPSA) is 32.3 Å². The highest BCUT2D eigenvalue weighted by Gasteiger charge is 2.19. The van der Waals surface area contributed by atoms with Crippen LogP contribution < -0.4 is 4.90 Å². The maximum Gasteiger partial charge on any atom is 0.150 e. The predicted molar refractivity (Wildman–Crippen MR) is 91.0 cm³/mol. The summed E-state index contributed by atoms with van der Waals surface area (Å²) in [6.45, 7) is 4.74. The van der Waals surface area contributed by atoms with Crippen molar-refractivity contribution in [3.05, 3.63) is 42.0 Å². The number of nitrogens with zero attached hydrogens (tertiary/aromatic N) is 4. The standard InChI is InChI=1S/C18H24N4/c1-14(22-12-4-5-13-22)15-6-8-16(9-7-15)17-10-11-18(20-19-17)21(2)3/h6-11,14H,4-5,12-13H2,1-3H3/t14-/m1/s1. The minimum absolute atomic E-state index is 0.499. The molecule has 1 saturated heterocycles. The SMILES string of the molecule is C[C@H](c1ccc(-c2ccc(N(C)C)nn2)cc1)N1CCCC1. The van der Waals surface area contributed by atoms with E-state index in [4.69, 9.17) is 0 Å². The molecule has 0 saturated carbocycles. The van der Waals surface area contributed by atoms with E-state index in [1.54, 1.807) is 0 Å². The summed E-state index contributed by atoms with van der Waals surface area (Å²) in [7, 11) is 3.94. The molecular weight excluding hydrogens is 272 g/mol. The molecule has 1 aromatic heterocycles. The maximum absolute atomic E-state index is 4.32. The summed E-state index contributed by atoms with van der Waals surface area (Å²) >= 11 is 0. The zero-order chi connectivity index (χ0) is 15.5. The molecule has 1 aliphatic rings. The lowest BCUT2D eigenvalue weighted by molar-refractivity contribution is 0.263. The van der Waals surface area contributed by atoms with Crippen LogP contribution in [0.1, 0.15) is 31.4 Å². The Morgan fingerprint density at radius 2 is 1.64 bits per heavy atom. The fourth-order valence-corrected chi connectivity index (χ4v) is 2.99. The van der Waals surface area contributed by atoms with Crippen LogP contribution >= 0.6 is 0 Å². The second-order valence-corrected chi connectivity index (χ2v) is 6.21. The van der Waals surface area contributed by atoms with Gasteiger partial charge in [-0.25, -0.2) is 0 Å². The fraction of sp³-hybridized carbons (Fsp3) is 0.444. The molecule has 1 fully saturated rings. The van der Waals surface area contributed by atoms with Crippen molar-refractivity contribution < 1.29 is 0 Å². The van der Waals surface area contributed by atoms with Crippen LogP contribution in [-0.2, 0) is 0 Å². The molecule has 2 heterocycles. The van der Waals surface area contributed by atoms with Crippen molar-refractivity contribution in [1.82, 2.24) is 15.1 Å². The monoisotopic (exact) mass is 296 g/mol. The van der Waals surface area contributed by atoms with E-state index in [9.17, 15) is 0 Å². The summed E-state index contributed by atoms with van der Waals surface area (Å²) in [5.74, 6) is 0.878. The van der Waals surface area contributed by atoms with Crippen molar-refractivity contribution in [1.29, 1.82) is 0 Å². The lowest BCUT2D eigenvalue weighted by Gasteiger charge is -2.24. The van der Waals surface area contributed by atoms with Crippen molar-refractivity contribution >= 4 is 5.82 Å². The summed E-state index contributed by atoms with van der Waals surface area (Å²) in [4.78, 5) is 4.51. The van der Waals surface area contributed by atoms with Crippen molar-refractivity contribution in [2.45, 2.75) is 25.8 Å². The summed E-state index contributed by atoms with van der Waals surface area (Å²) in [5, 5.41) is 8.56. The smallest absolute Gasteiger partial charge is 0.150 e. The second-order valence-electron chi connectivity index (χ2n) is 6.21. The highest BCUT2D eigenvalue weighted by molar-refractivity contribution is 5.60. The van der Waals surface area contributed by atoms with E-state index in [-0.39, 0.29) is 0 Å². The Kier molecular flexibility index (Phi) is 4.39. The Balaban J connectivity index is 1.75. The largest absolute Gasteiger partial charge is 0.361 e. The van der Waals surface area contributed by atoms with Gasteiger partial charge in [-0.05, 0) is 50.6 Å². The molecule has 1 atom stereocenters. The molecule has 0 amide bonds. The van der Waals surface area contributed by atoms with E-state index in [1.807, 2.05) is 31.1 Å². The zero-order valence-corrected chi connectivity index (χ0v) is 13.7.